The Kier molecular flexibility index (Phi) is 5.68. The summed E-state index contributed by atoms with van der Waals surface area (Å²) in [7, 11) is -3.71. The van der Waals surface area contributed by atoms with Crippen LogP contribution < -0.4 is 10.5 Å². The molecule has 2 aromatic rings. The van der Waals surface area contributed by atoms with E-state index in [9.17, 15) is 22.4 Å². The van der Waals surface area contributed by atoms with Crippen molar-refractivity contribution in [3.05, 3.63) is 58.4 Å². The van der Waals surface area contributed by atoms with E-state index >= 15 is 0 Å². The molecule has 3 N–H and O–H groups in total. The molecule has 2 rings (SSSR count). The number of nitrogens with two attached hydrogens (primary N) is 1. The summed E-state index contributed by atoms with van der Waals surface area (Å²) in [5, 5.41) is 0.0227. The highest BCUT2D eigenvalue weighted by atomic mass is 35.5. The second-order valence-corrected chi connectivity index (χ2v) is 7.86. The number of amides is 2. The van der Waals surface area contributed by atoms with Gasteiger partial charge in [-0.25, -0.2) is 12.8 Å². The Hall–Kier alpha value is -2.45. The SMILES string of the molecule is CC(C(=O)NS(C)(=O)=O)c1ccc(-c2cccc(C(N)=O)c2Cl)c(F)c1. The summed E-state index contributed by atoms with van der Waals surface area (Å²) in [5.41, 5.74) is 5.99. The molecule has 0 aliphatic rings. The van der Waals surface area contributed by atoms with Crippen molar-refractivity contribution in [3.8, 4) is 11.1 Å². The van der Waals surface area contributed by atoms with Crippen molar-refractivity contribution in [1.82, 2.24) is 4.72 Å². The van der Waals surface area contributed by atoms with Crippen LogP contribution in [0.5, 0.6) is 0 Å². The maximum Gasteiger partial charge on any atom is 0.250 e. The first-order chi connectivity index (χ1) is 12.0. The predicted octanol–water partition coefficient (Wildman–Crippen LogP) is 2.42. The number of hydrogen-bond donors (Lipinski definition) is 2. The fraction of sp³-hybridized carbons (Fsp3) is 0.176. The summed E-state index contributed by atoms with van der Waals surface area (Å²) in [6.45, 7) is 1.45. The number of carbonyl (C=O) groups is 2. The van der Waals surface area contributed by atoms with Gasteiger partial charge < -0.3 is 5.73 Å². The highest BCUT2D eigenvalue weighted by molar-refractivity contribution is 7.89. The Morgan fingerprint density at radius 3 is 2.38 bits per heavy atom. The van der Waals surface area contributed by atoms with Crippen LogP contribution in [0.25, 0.3) is 11.1 Å². The van der Waals surface area contributed by atoms with Crippen LogP contribution in [0.3, 0.4) is 0 Å². The molecule has 0 spiro atoms. The molecule has 0 saturated heterocycles. The zero-order chi connectivity index (χ0) is 19.6. The topological polar surface area (TPSA) is 106 Å². The molecule has 1 unspecified atom stereocenters. The van der Waals surface area contributed by atoms with E-state index in [1.165, 1.54) is 37.3 Å². The molecule has 0 saturated carbocycles. The maximum absolute atomic E-state index is 14.6. The second-order valence-electron chi connectivity index (χ2n) is 5.73. The average Bonchev–Trinajstić information content (AvgIpc) is 2.52. The Labute approximate surface area is 155 Å². The predicted molar refractivity (Wildman–Crippen MR) is 96.8 cm³/mol. The quantitative estimate of drug-likeness (QED) is 0.806. The normalized spacial score (nSPS) is 12.5. The van der Waals surface area contributed by atoms with Gasteiger partial charge in [-0.3, -0.25) is 14.3 Å². The molecule has 0 aliphatic heterocycles. The zero-order valence-corrected chi connectivity index (χ0v) is 15.5. The van der Waals surface area contributed by atoms with Gasteiger partial charge in [0.2, 0.25) is 21.8 Å². The monoisotopic (exact) mass is 398 g/mol. The molecular weight excluding hydrogens is 383 g/mol. The van der Waals surface area contributed by atoms with Gasteiger partial charge in [0.05, 0.1) is 22.8 Å². The summed E-state index contributed by atoms with van der Waals surface area (Å²) >= 11 is 6.14. The van der Waals surface area contributed by atoms with Gasteiger partial charge in [0, 0.05) is 11.1 Å². The minimum atomic E-state index is -3.71. The third kappa shape index (κ3) is 4.39. The number of halogens is 2. The summed E-state index contributed by atoms with van der Waals surface area (Å²) in [6, 6.07) is 8.50. The van der Waals surface area contributed by atoms with E-state index in [0.29, 0.717) is 0 Å². The van der Waals surface area contributed by atoms with Gasteiger partial charge in [0.25, 0.3) is 0 Å². The average molecular weight is 399 g/mol. The van der Waals surface area contributed by atoms with Gasteiger partial charge in [-0.1, -0.05) is 35.9 Å². The lowest BCUT2D eigenvalue weighted by atomic mass is 9.95. The largest absolute Gasteiger partial charge is 0.366 e. The molecular formula is C17H16ClFN2O4S. The van der Waals surface area contributed by atoms with Crippen LogP contribution in [0.4, 0.5) is 4.39 Å². The Morgan fingerprint density at radius 1 is 1.19 bits per heavy atom. The minimum Gasteiger partial charge on any atom is -0.366 e. The van der Waals surface area contributed by atoms with Crippen molar-refractivity contribution >= 4 is 33.4 Å². The first kappa shape index (κ1) is 19.9. The van der Waals surface area contributed by atoms with Gasteiger partial charge in [-0.2, -0.15) is 0 Å². The minimum absolute atomic E-state index is 0.0227. The molecule has 1 atom stereocenters. The van der Waals surface area contributed by atoms with Crippen LogP contribution in [-0.2, 0) is 14.8 Å². The molecule has 6 nitrogen and oxygen atoms in total. The zero-order valence-electron chi connectivity index (χ0n) is 13.9. The molecule has 0 fully saturated rings. The van der Waals surface area contributed by atoms with Crippen LogP contribution in [0.1, 0.15) is 28.8 Å². The molecule has 2 aromatic carbocycles. The maximum atomic E-state index is 14.6. The Balaban J connectivity index is 2.41. The van der Waals surface area contributed by atoms with Crippen molar-refractivity contribution in [2.75, 3.05) is 6.26 Å². The molecule has 138 valence electrons. The van der Waals surface area contributed by atoms with Crippen molar-refractivity contribution in [2.24, 2.45) is 5.73 Å². The van der Waals surface area contributed by atoms with Crippen LogP contribution in [0.2, 0.25) is 5.02 Å². The lowest BCUT2D eigenvalue weighted by Gasteiger charge is -2.14. The molecule has 0 aromatic heterocycles. The third-order valence-corrected chi connectivity index (χ3v) is 4.71. The summed E-state index contributed by atoms with van der Waals surface area (Å²) in [6.07, 6.45) is 0.856. The molecule has 2 amide bonds. The Morgan fingerprint density at radius 2 is 1.85 bits per heavy atom. The van der Waals surface area contributed by atoms with Crippen LogP contribution in [0.15, 0.2) is 36.4 Å². The number of primary amides is 1. The van der Waals surface area contributed by atoms with Crippen molar-refractivity contribution in [1.29, 1.82) is 0 Å². The highest BCUT2D eigenvalue weighted by Gasteiger charge is 2.21. The summed E-state index contributed by atoms with van der Waals surface area (Å²) in [5.74, 6) is -3.07. The number of hydrogen-bond acceptors (Lipinski definition) is 4. The van der Waals surface area contributed by atoms with Crippen LogP contribution in [0, 0.1) is 5.82 Å². The number of carbonyl (C=O) groups excluding carboxylic acids is 2. The number of nitrogens with one attached hydrogen (secondary N) is 1. The van der Waals surface area contributed by atoms with Gasteiger partial charge >= 0.3 is 0 Å². The van der Waals surface area contributed by atoms with Gasteiger partial charge in [-0.05, 0) is 24.6 Å². The van der Waals surface area contributed by atoms with E-state index < -0.39 is 33.6 Å². The van der Waals surface area contributed by atoms with Crippen LogP contribution in [-0.4, -0.2) is 26.5 Å². The molecule has 0 radical (unpaired) electrons. The first-order valence-electron chi connectivity index (χ1n) is 7.41. The summed E-state index contributed by atoms with van der Waals surface area (Å²) in [4.78, 5) is 23.3. The molecule has 0 aliphatic carbocycles. The Bertz CT molecular complexity index is 992. The fourth-order valence-corrected chi connectivity index (χ4v) is 3.24. The van der Waals surface area contributed by atoms with Gasteiger partial charge in [-0.15, -0.1) is 0 Å². The van der Waals surface area contributed by atoms with Gasteiger partial charge in [0.15, 0.2) is 0 Å². The summed E-state index contributed by atoms with van der Waals surface area (Å²) < 4.78 is 38.7. The lowest BCUT2D eigenvalue weighted by Crippen LogP contribution is -2.32. The van der Waals surface area contributed by atoms with E-state index in [1.807, 2.05) is 4.72 Å². The molecule has 9 heteroatoms. The fourth-order valence-electron chi connectivity index (χ4n) is 2.37. The molecule has 26 heavy (non-hydrogen) atoms. The number of sulfonamides is 1. The van der Waals surface area contributed by atoms with Crippen molar-refractivity contribution in [3.63, 3.8) is 0 Å². The van der Waals surface area contributed by atoms with E-state index in [4.69, 9.17) is 17.3 Å². The molecule has 0 bridgehead atoms. The van der Waals surface area contributed by atoms with E-state index in [1.54, 1.807) is 0 Å². The van der Waals surface area contributed by atoms with E-state index in [0.717, 1.165) is 12.3 Å². The smallest absolute Gasteiger partial charge is 0.250 e. The highest BCUT2D eigenvalue weighted by Crippen LogP contribution is 2.33. The van der Waals surface area contributed by atoms with Crippen LogP contribution >= 0.6 is 11.6 Å². The lowest BCUT2D eigenvalue weighted by molar-refractivity contribution is -0.120. The number of benzene rings is 2. The van der Waals surface area contributed by atoms with Gasteiger partial charge in [0.1, 0.15) is 5.82 Å². The van der Waals surface area contributed by atoms with Crippen molar-refractivity contribution < 1.29 is 22.4 Å². The van der Waals surface area contributed by atoms with E-state index in [-0.39, 0.29) is 27.3 Å². The number of rotatable bonds is 5. The third-order valence-electron chi connectivity index (χ3n) is 3.73. The standard InChI is InChI=1S/C17H16ClFN2O4S/c1-9(17(23)21-26(2,24)25)10-6-7-11(14(19)8-10)12-4-3-5-13(15(12)18)16(20)22/h3-9H,1-2H3,(H2,20,22)(H,21,23). The van der Waals surface area contributed by atoms with E-state index in [2.05, 4.69) is 0 Å². The first-order valence-corrected chi connectivity index (χ1v) is 9.68. The van der Waals surface area contributed by atoms with Crippen molar-refractivity contribution in [2.45, 2.75) is 12.8 Å². The second kappa shape index (κ2) is 7.43. The molecule has 0 heterocycles.